The molecule has 0 aliphatic carbocycles. The van der Waals surface area contributed by atoms with E-state index < -0.39 is 34.8 Å². The van der Waals surface area contributed by atoms with Crippen LogP contribution in [0, 0.1) is 23.3 Å². The van der Waals surface area contributed by atoms with Crippen molar-refractivity contribution in [2.75, 3.05) is 0 Å². The van der Waals surface area contributed by atoms with E-state index >= 15 is 0 Å². The maximum absolute atomic E-state index is 13.9. The predicted molar refractivity (Wildman–Crippen MR) is 159 cm³/mol. The van der Waals surface area contributed by atoms with E-state index in [-0.39, 0.29) is 58.5 Å². The highest BCUT2D eigenvalue weighted by Crippen LogP contribution is 2.23. The largest absolute Gasteiger partial charge is 0.441 e. The van der Waals surface area contributed by atoms with Crippen LogP contribution in [0.2, 0.25) is 10.0 Å². The second kappa shape index (κ2) is 14.4. The maximum Gasteiger partial charge on any atom is 0.441 e. The number of aromatic nitrogens is 5. The molecule has 236 valence electrons. The predicted octanol–water partition coefficient (Wildman–Crippen LogP) is 6.21. The first-order valence-corrected chi connectivity index (χ1v) is 14.2. The number of rotatable bonds is 8. The SMILES string of the molecule is O=c1onc(Cc2c(F)cccc2Cl)n1Cc1ccc(F)cc1F.O=c1onc(Cc2c(F)cccc2Cl)n1Cc1ccccn1. The monoisotopic (exact) mass is 673 g/mol. The van der Waals surface area contributed by atoms with E-state index in [9.17, 15) is 27.2 Å². The molecule has 0 radical (unpaired) electrons. The van der Waals surface area contributed by atoms with E-state index in [1.165, 1.54) is 41.0 Å². The van der Waals surface area contributed by atoms with Gasteiger partial charge in [0.25, 0.3) is 0 Å². The van der Waals surface area contributed by atoms with Gasteiger partial charge in [-0.15, -0.1) is 0 Å². The highest BCUT2D eigenvalue weighted by Gasteiger charge is 2.18. The van der Waals surface area contributed by atoms with Crippen molar-refractivity contribution in [2.24, 2.45) is 0 Å². The highest BCUT2D eigenvalue weighted by molar-refractivity contribution is 6.31. The number of hydrogen-bond acceptors (Lipinski definition) is 7. The first-order chi connectivity index (χ1) is 22.1. The summed E-state index contributed by atoms with van der Waals surface area (Å²) in [4.78, 5) is 27.7. The van der Waals surface area contributed by atoms with Gasteiger partial charge < -0.3 is 0 Å². The average molecular weight is 674 g/mol. The Balaban J connectivity index is 0.000000182. The first-order valence-electron chi connectivity index (χ1n) is 13.4. The van der Waals surface area contributed by atoms with E-state index in [1.807, 2.05) is 6.07 Å². The summed E-state index contributed by atoms with van der Waals surface area (Å²) < 4.78 is 66.1. The summed E-state index contributed by atoms with van der Waals surface area (Å²) in [7, 11) is 0. The molecule has 0 bridgehead atoms. The van der Waals surface area contributed by atoms with Gasteiger partial charge >= 0.3 is 11.5 Å². The molecule has 0 aliphatic rings. The molecule has 0 spiro atoms. The van der Waals surface area contributed by atoms with Crippen molar-refractivity contribution in [3.05, 3.63) is 167 Å². The maximum atomic E-state index is 13.9. The molecule has 3 aromatic heterocycles. The van der Waals surface area contributed by atoms with Crippen molar-refractivity contribution in [1.82, 2.24) is 24.4 Å². The summed E-state index contributed by atoms with van der Waals surface area (Å²) in [5.74, 6) is -3.62. The Morgan fingerprint density at radius 2 is 1.22 bits per heavy atom. The van der Waals surface area contributed by atoms with Crippen LogP contribution in [-0.2, 0) is 25.9 Å². The summed E-state index contributed by atoms with van der Waals surface area (Å²) >= 11 is 12.0. The topological polar surface area (TPSA) is 109 Å². The molecule has 0 saturated heterocycles. The van der Waals surface area contributed by atoms with Crippen LogP contribution in [0.3, 0.4) is 0 Å². The molecule has 0 amide bonds. The quantitative estimate of drug-likeness (QED) is 0.177. The lowest BCUT2D eigenvalue weighted by Crippen LogP contribution is -2.19. The number of pyridine rings is 1. The zero-order valence-electron chi connectivity index (χ0n) is 23.5. The molecular weight excluding hydrogens is 653 g/mol. The van der Waals surface area contributed by atoms with E-state index in [2.05, 4.69) is 24.3 Å². The van der Waals surface area contributed by atoms with Crippen LogP contribution in [0.1, 0.15) is 34.0 Å². The van der Waals surface area contributed by atoms with Crippen molar-refractivity contribution < 1.29 is 26.6 Å². The third-order valence-electron chi connectivity index (χ3n) is 6.71. The Kier molecular flexibility index (Phi) is 10.1. The van der Waals surface area contributed by atoms with Crippen LogP contribution >= 0.6 is 23.2 Å². The van der Waals surface area contributed by atoms with Crippen LogP contribution in [0.25, 0.3) is 0 Å². The molecule has 3 heterocycles. The highest BCUT2D eigenvalue weighted by atomic mass is 35.5. The van der Waals surface area contributed by atoms with Crippen molar-refractivity contribution >= 4 is 23.2 Å². The van der Waals surface area contributed by atoms with Gasteiger partial charge in [-0.3, -0.25) is 23.2 Å². The molecule has 46 heavy (non-hydrogen) atoms. The minimum absolute atomic E-state index is 0.0596. The van der Waals surface area contributed by atoms with E-state index in [4.69, 9.17) is 23.2 Å². The first kappa shape index (κ1) is 32.4. The Hall–Kier alpha value is -5.01. The van der Waals surface area contributed by atoms with E-state index in [1.54, 1.807) is 24.4 Å². The number of hydrogen-bond donors (Lipinski definition) is 0. The molecule has 9 nitrogen and oxygen atoms in total. The molecule has 15 heteroatoms. The van der Waals surface area contributed by atoms with Crippen LogP contribution in [0.4, 0.5) is 17.6 Å². The van der Waals surface area contributed by atoms with Crippen LogP contribution in [0.15, 0.2) is 97.6 Å². The second-order valence-electron chi connectivity index (χ2n) is 9.71. The summed E-state index contributed by atoms with van der Waals surface area (Å²) in [6.07, 6.45) is 1.57. The molecule has 0 saturated carbocycles. The molecule has 0 N–H and O–H groups in total. The molecule has 0 unspecified atom stereocenters. The zero-order chi connectivity index (χ0) is 32.8. The van der Waals surface area contributed by atoms with Gasteiger partial charge in [-0.25, -0.2) is 27.2 Å². The molecule has 6 aromatic rings. The van der Waals surface area contributed by atoms with E-state index in [0.717, 1.165) is 10.6 Å². The lowest BCUT2D eigenvalue weighted by molar-refractivity contribution is 0.374. The number of benzene rings is 3. The molecule has 0 fully saturated rings. The van der Waals surface area contributed by atoms with Crippen LogP contribution < -0.4 is 11.5 Å². The fourth-order valence-electron chi connectivity index (χ4n) is 4.35. The van der Waals surface area contributed by atoms with Gasteiger partial charge in [0, 0.05) is 51.8 Å². The molecule has 0 atom stereocenters. The fraction of sp³-hybridized carbons (Fsp3) is 0.129. The summed E-state index contributed by atoms with van der Waals surface area (Å²) in [5, 5.41) is 7.75. The molecular formula is C31H21Cl2F4N5O4. The Bertz CT molecular complexity index is 2060. The summed E-state index contributed by atoms with van der Waals surface area (Å²) in [6.45, 7) is -0.0274. The van der Waals surface area contributed by atoms with Gasteiger partial charge in [0.05, 0.1) is 18.8 Å². The number of nitrogens with zero attached hydrogens (tertiary/aromatic N) is 5. The Labute approximate surface area is 267 Å². The van der Waals surface area contributed by atoms with Gasteiger partial charge in [0.1, 0.15) is 23.3 Å². The van der Waals surface area contributed by atoms with Crippen LogP contribution in [-0.4, -0.2) is 24.4 Å². The normalized spacial score (nSPS) is 10.9. The Morgan fingerprint density at radius 1 is 0.652 bits per heavy atom. The van der Waals surface area contributed by atoms with Gasteiger partial charge in [0.2, 0.25) is 0 Å². The summed E-state index contributed by atoms with van der Waals surface area (Å²) in [5.41, 5.74) is 1.16. The second-order valence-corrected chi connectivity index (χ2v) is 10.5. The molecule has 3 aromatic carbocycles. The van der Waals surface area contributed by atoms with E-state index in [0.29, 0.717) is 17.6 Å². The number of halogens is 6. The van der Waals surface area contributed by atoms with Gasteiger partial charge in [-0.1, -0.05) is 57.8 Å². The van der Waals surface area contributed by atoms with Crippen LogP contribution in [0.5, 0.6) is 0 Å². The van der Waals surface area contributed by atoms with Gasteiger partial charge in [-0.2, -0.15) is 0 Å². The molecule has 0 aliphatic heterocycles. The van der Waals surface area contributed by atoms with Gasteiger partial charge in [-0.05, 0) is 42.5 Å². The van der Waals surface area contributed by atoms with Gasteiger partial charge in [0.15, 0.2) is 11.6 Å². The van der Waals surface area contributed by atoms with Crippen molar-refractivity contribution in [3.63, 3.8) is 0 Å². The third kappa shape index (κ3) is 7.61. The van der Waals surface area contributed by atoms with Crippen molar-refractivity contribution in [2.45, 2.75) is 25.9 Å². The van der Waals surface area contributed by atoms with Crippen molar-refractivity contribution in [3.8, 4) is 0 Å². The average Bonchev–Trinajstić information content (AvgIpc) is 3.55. The zero-order valence-corrected chi connectivity index (χ0v) is 25.0. The fourth-order valence-corrected chi connectivity index (χ4v) is 4.81. The smallest absolute Gasteiger partial charge is 0.296 e. The van der Waals surface area contributed by atoms with Crippen molar-refractivity contribution in [1.29, 1.82) is 0 Å². The standard InChI is InChI=1S/C16H10ClF3N2O2.C15H11ClFN3O2/c17-12-2-1-3-13(19)11(12)7-15-21-24-16(23)22(15)8-9-4-5-10(18)6-14(9)20;16-12-5-3-6-13(17)11(12)8-14-19-22-15(21)20(14)9-10-4-1-2-7-18-10/h1-6H,7-8H2;1-7H,8-9H2. The minimum atomic E-state index is -0.832. The molecule has 6 rings (SSSR count). The lowest BCUT2D eigenvalue weighted by atomic mass is 10.1. The lowest BCUT2D eigenvalue weighted by Gasteiger charge is -2.08. The summed E-state index contributed by atoms with van der Waals surface area (Å²) in [6, 6.07) is 17.0. The minimum Gasteiger partial charge on any atom is -0.296 e. The third-order valence-corrected chi connectivity index (χ3v) is 7.41. The Morgan fingerprint density at radius 3 is 1.72 bits per heavy atom.